The van der Waals surface area contributed by atoms with Crippen LogP contribution in [0.4, 0.5) is 11.8 Å². The van der Waals surface area contributed by atoms with E-state index in [9.17, 15) is 4.79 Å². The summed E-state index contributed by atoms with van der Waals surface area (Å²) in [7, 11) is 0. The van der Waals surface area contributed by atoms with Gasteiger partial charge in [-0.15, -0.1) is 0 Å². The summed E-state index contributed by atoms with van der Waals surface area (Å²) in [6.45, 7) is 2.30. The third kappa shape index (κ3) is 3.30. The fraction of sp³-hybridized carbons (Fsp3) is 0.105. The molecular weight excluding hydrogens is 399 g/mol. The maximum Gasteiger partial charge on any atom is 0.260 e. The molecule has 4 aromatic rings. The molecule has 0 atom stereocenters. The van der Waals surface area contributed by atoms with Gasteiger partial charge in [-0.3, -0.25) is 9.36 Å². The third-order valence-corrected chi connectivity index (χ3v) is 4.83. The predicted molar refractivity (Wildman–Crippen MR) is 110 cm³/mol. The molecule has 0 saturated carbocycles. The lowest BCUT2D eigenvalue weighted by molar-refractivity contribution is 0.751. The zero-order chi connectivity index (χ0) is 19.7. The fourth-order valence-corrected chi connectivity index (χ4v) is 3.53. The average molecular weight is 413 g/mol. The molecule has 140 valence electrons. The Morgan fingerprint density at radius 1 is 1.14 bits per heavy atom. The molecule has 0 bridgehead atoms. The Balaban J connectivity index is 1.89. The summed E-state index contributed by atoms with van der Waals surface area (Å²) in [6, 6.07) is 8.55. The number of nitrogens with one attached hydrogen (secondary N) is 1. The number of aromatic nitrogens is 5. The first-order valence-electron chi connectivity index (χ1n) is 8.46. The first-order chi connectivity index (χ1) is 13.6. The van der Waals surface area contributed by atoms with Gasteiger partial charge in [0.2, 0.25) is 5.95 Å². The molecule has 0 spiro atoms. The highest BCUT2D eigenvalue weighted by atomic mass is 35.5. The average Bonchev–Trinajstić information content (AvgIpc) is 2.69. The quantitative estimate of drug-likeness (QED) is 0.537. The van der Waals surface area contributed by atoms with Crippen molar-refractivity contribution >= 4 is 46.0 Å². The van der Waals surface area contributed by atoms with Gasteiger partial charge in [0.25, 0.3) is 5.56 Å². The summed E-state index contributed by atoms with van der Waals surface area (Å²) in [5, 5.41) is 4.52. The Kier molecular flexibility index (Phi) is 4.93. The number of hydrogen-bond acceptors (Lipinski definition) is 6. The summed E-state index contributed by atoms with van der Waals surface area (Å²) >= 11 is 12.6. The van der Waals surface area contributed by atoms with Gasteiger partial charge in [0.05, 0.1) is 15.6 Å². The van der Waals surface area contributed by atoms with Crippen LogP contribution < -0.4 is 10.9 Å². The molecule has 0 saturated heterocycles. The highest BCUT2D eigenvalue weighted by Crippen LogP contribution is 2.33. The van der Waals surface area contributed by atoms with Crippen molar-refractivity contribution in [3.63, 3.8) is 0 Å². The second kappa shape index (κ2) is 7.53. The van der Waals surface area contributed by atoms with Crippen molar-refractivity contribution in [3.8, 4) is 11.1 Å². The molecule has 3 heterocycles. The van der Waals surface area contributed by atoms with Crippen LogP contribution in [-0.2, 0) is 6.54 Å². The van der Waals surface area contributed by atoms with Gasteiger partial charge in [-0.05, 0) is 31.2 Å². The second-order valence-corrected chi connectivity index (χ2v) is 6.71. The van der Waals surface area contributed by atoms with E-state index in [4.69, 9.17) is 23.2 Å². The van der Waals surface area contributed by atoms with Crippen LogP contribution in [0.5, 0.6) is 0 Å². The van der Waals surface area contributed by atoms with Crippen molar-refractivity contribution in [1.82, 2.24) is 24.5 Å². The molecular formula is C19H14Cl2N6O. The minimum absolute atomic E-state index is 0.225. The maximum atomic E-state index is 13.1. The van der Waals surface area contributed by atoms with E-state index in [0.717, 1.165) is 0 Å². The molecule has 9 heteroatoms. The molecule has 0 fully saturated rings. The Morgan fingerprint density at radius 2 is 1.93 bits per heavy atom. The predicted octanol–water partition coefficient (Wildman–Crippen LogP) is 4.32. The zero-order valence-corrected chi connectivity index (χ0v) is 16.2. The van der Waals surface area contributed by atoms with Gasteiger partial charge in [0.15, 0.2) is 0 Å². The van der Waals surface area contributed by atoms with Crippen molar-refractivity contribution in [2.75, 3.05) is 5.32 Å². The molecule has 0 unspecified atom stereocenters. The number of aryl methyl sites for hydroxylation is 1. The molecule has 4 rings (SSSR count). The molecule has 7 nitrogen and oxygen atoms in total. The number of benzene rings is 1. The first-order valence-corrected chi connectivity index (χ1v) is 9.22. The molecule has 3 aromatic heterocycles. The van der Waals surface area contributed by atoms with E-state index < -0.39 is 0 Å². The van der Waals surface area contributed by atoms with E-state index in [2.05, 4.69) is 25.3 Å². The number of nitrogens with zero attached hydrogens (tertiary/aromatic N) is 5. The fourth-order valence-electron chi connectivity index (χ4n) is 2.93. The van der Waals surface area contributed by atoms with Crippen molar-refractivity contribution < 1.29 is 0 Å². The normalized spacial score (nSPS) is 11.0. The Morgan fingerprint density at radius 3 is 2.61 bits per heavy atom. The number of fused-ring (bicyclic) bond motifs is 1. The van der Waals surface area contributed by atoms with E-state index in [1.54, 1.807) is 47.3 Å². The van der Waals surface area contributed by atoms with Crippen molar-refractivity contribution in [1.29, 1.82) is 0 Å². The van der Waals surface area contributed by atoms with Gasteiger partial charge in [0, 0.05) is 29.9 Å². The van der Waals surface area contributed by atoms with Crippen molar-refractivity contribution in [3.05, 3.63) is 69.5 Å². The van der Waals surface area contributed by atoms with Gasteiger partial charge >= 0.3 is 0 Å². The van der Waals surface area contributed by atoms with E-state index >= 15 is 0 Å². The van der Waals surface area contributed by atoms with E-state index in [1.807, 2.05) is 6.92 Å². The van der Waals surface area contributed by atoms with Gasteiger partial charge in [0.1, 0.15) is 17.8 Å². The molecule has 1 N–H and O–H groups in total. The molecule has 0 radical (unpaired) electrons. The van der Waals surface area contributed by atoms with Gasteiger partial charge in [-0.25, -0.2) is 15.0 Å². The minimum atomic E-state index is -0.225. The Bertz CT molecular complexity index is 1210. The highest BCUT2D eigenvalue weighted by molar-refractivity contribution is 6.39. The lowest BCUT2D eigenvalue weighted by Crippen LogP contribution is -2.22. The number of halogens is 2. The van der Waals surface area contributed by atoms with Crippen LogP contribution in [0, 0.1) is 0 Å². The standard InChI is InChI=1S/C19H14Cl2N6O/c1-2-27-17-11(9-23-19(26-17)25-15-6-7-22-10-24-15)8-12(18(27)28)16-13(20)4-3-5-14(16)21/h3-10H,2H2,1H3,(H,22,23,24,25,26). The highest BCUT2D eigenvalue weighted by Gasteiger charge is 2.17. The smallest absolute Gasteiger partial charge is 0.260 e. The largest absolute Gasteiger partial charge is 0.309 e. The van der Waals surface area contributed by atoms with Crippen molar-refractivity contribution in [2.45, 2.75) is 13.5 Å². The molecule has 0 amide bonds. The molecule has 0 aliphatic heterocycles. The van der Waals surface area contributed by atoms with Crippen molar-refractivity contribution in [2.24, 2.45) is 0 Å². The van der Waals surface area contributed by atoms with Crippen LogP contribution in [-0.4, -0.2) is 24.5 Å². The number of hydrogen-bond donors (Lipinski definition) is 1. The zero-order valence-electron chi connectivity index (χ0n) is 14.7. The molecule has 0 aliphatic rings. The van der Waals surface area contributed by atoms with E-state index in [-0.39, 0.29) is 5.56 Å². The van der Waals surface area contributed by atoms with Gasteiger partial charge in [-0.1, -0.05) is 29.3 Å². The minimum Gasteiger partial charge on any atom is -0.309 e. The molecule has 0 aliphatic carbocycles. The van der Waals surface area contributed by atoms with E-state index in [0.29, 0.717) is 50.5 Å². The number of anilines is 2. The van der Waals surface area contributed by atoms with Gasteiger partial charge < -0.3 is 5.32 Å². The van der Waals surface area contributed by atoms with Crippen LogP contribution in [0.15, 0.2) is 53.8 Å². The lowest BCUT2D eigenvalue weighted by Gasteiger charge is -2.13. The number of pyridine rings is 1. The third-order valence-electron chi connectivity index (χ3n) is 4.20. The first kappa shape index (κ1) is 18.3. The monoisotopic (exact) mass is 412 g/mol. The van der Waals surface area contributed by atoms with Crippen LogP contribution in [0.2, 0.25) is 10.0 Å². The summed E-state index contributed by atoms with van der Waals surface area (Å²) in [5.41, 5.74) is 1.19. The molecule has 28 heavy (non-hydrogen) atoms. The summed E-state index contributed by atoms with van der Waals surface area (Å²) in [6.07, 6.45) is 4.68. The summed E-state index contributed by atoms with van der Waals surface area (Å²) in [5.74, 6) is 0.885. The lowest BCUT2D eigenvalue weighted by atomic mass is 10.1. The van der Waals surface area contributed by atoms with Crippen LogP contribution in [0.1, 0.15) is 6.92 Å². The Labute approximate surface area is 170 Å². The SMILES string of the molecule is CCn1c(=O)c(-c2c(Cl)cccc2Cl)cc2cnc(Nc3ccncn3)nc21. The Hall–Kier alpha value is -3.03. The topological polar surface area (TPSA) is 85.6 Å². The van der Waals surface area contributed by atoms with Gasteiger partial charge in [-0.2, -0.15) is 4.98 Å². The summed E-state index contributed by atoms with van der Waals surface area (Å²) < 4.78 is 1.57. The van der Waals surface area contributed by atoms with Crippen LogP contribution in [0.25, 0.3) is 22.2 Å². The molecule has 1 aromatic carbocycles. The summed E-state index contributed by atoms with van der Waals surface area (Å²) in [4.78, 5) is 29.9. The maximum absolute atomic E-state index is 13.1. The van der Waals surface area contributed by atoms with Crippen LogP contribution >= 0.6 is 23.2 Å². The second-order valence-electron chi connectivity index (χ2n) is 5.90. The van der Waals surface area contributed by atoms with E-state index in [1.165, 1.54) is 6.33 Å². The van der Waals surface area contributed by atoms with Crippen LogP contribution in [0.3, 0.4) is 0 Å². The number of rotatable bonds is 4.